The van der Waals surface area contributed by atoms with Crippen LogP contribution < -0.4 is 5.32 Å². The summed E-state index contributed by atoms with van der Waals surface area (Å²) in [6.07, 6.45) is 3.36. The van der Waals surface area contributed by atoms with Crippen molar-refractivity contribution in [3.63, 3.8) is 0 Å². The lowest BCUT2D eigenvalue weighted by Gasteiger charge is -2.12. The van der Waals surface area contributed by atoms with Gasteiger partial charge < -0.3 is 10.1 Å². The van der Waals surface area contributed by atoms with Crippen LogP contribution in [0.5, 0.6) is 0 Å². The number of nitrogens with one attached hydrogen (secondary N) is 1. The Morgan fingerprint density at radius 3 is 3.06 bits per heavy atom. The molecule has 0 radical (unpaired) electrons. The zero-order valence-electron chi connectivity index (χ0n) is 9.88. The molecule has 1 saturated heterocycles. The number of anilines is 1. The summed E-state index contributed by atoms with van der Waals surface area (Å²) < 4.78 is 19.6. The van der Waals surface area contributed by atoms with Gasteiger partial charge in [0.2, 0.25) is 0 Å². The number of benzene rings is 1. The standard InChI is InChI=1S/C13H14BrFN2O/c14-12-9(8-16)3-4-11(13(12)15)17-6-5-10-2-1-7-18-10/h3-4,10,17H,1-2,5-7H2. The van der Waals surface area contributed by atoms with Gasteiger partial charge in [-0.3, -0.25) is 0 Å². The van der Waals surface area contributed by atoms with Gasteiger partial charge in [0.25, 0.3) is 0 Å². The van der Waals surface area contributed by atoms with Crippen LogP contribution in [0.1, 0.15) is 24.8 Å². The third-order valence-electron chi connectivity index (χ3n) is 3.01. The Kier molecular flexibility index (Phi) is 4.56. The summed E-state index contributed by atoms with van der Waals surface area (Å²) in [7, 11) is 0. The first-order valence-corrected chi connectivity index (χ1v) is 6.75. The number of nitriles is 1. The average molecular weight is 313 g/mol. The van der Waals surface area contributed by atoms with Gasteiger partial charge in [0.1, 0.15) is 6.07 Å². The predicted molar refractivity (Wildman–Crippen MR) is 70.9 cm³/mol. The summed E-state index contributed by atoms with van der Waals surface area (Å²) in [5, 5.41) is 11.8. The minimum atomic E-state index is -0.415. The third-order valence-corrected chi connectivity index (χ3v) is 3.78. The van der Waals surface area contributed by atoms with Gasteiger partial charge in [-0.25, -0.2) is 4.39 Å². The fourth-order valence-corrected chi connectivity index (χ4v) is 2.45. The van der Waals surface area contributed by atoms with Crippen molar-refractivity contribution in [2.24, 2.45) is 0 Å². The van der Waals surface area contributed by atoms with Crippen LogP contribution in [-0.4, -0.2) is 19.3 Å². The molecule has 5 heteroatoms. The quantitative estimate of drug-likeness (QED) is 0.926. The Morgan fingerprint density at radius 2 is 2.39 bits per heavy atom. The molecule has 0 aromatic heterocycles. The molecule has 0 amide bonds. The molecule has 96 valence electrons. The van der Waals surface area contributed by atoms with Crippen molar-refractivity contribution >= 4 is 21.6 Å². The normalized spacial score (nSPS) is 18.6. The average Bonchev–Trinajstić information content (AvgIpc) is 2.88. The molecule has 1 heterocycles. The van der Waals surface area contributed by atoms with E-state index in [0.717, 1.165) is 25.9 Å². The maximum Gasteiger partial charge on any atom is 0.161 e. The minimum Gasteiger partial charge on any atom is -0.383 e. The first-order chi connectivity index (χ1) is 8.72. The van der Waals surface area contributed by atoms with Crippen LogP contribution in [0.15, 0.2) is 16.6 Å². The van der Waals surface area contributed by atoms with Gasteiger partial charge in [0.05, 0.1) is 21.8 Å². The molecular weight excluding hydrogens is 299 g/mol. The second kappa shape index (κ2) is 6.17. The van der Waals surface area contributed by atoms with Gasteiger partial charge in [-0.2, -0.15) is 5.26 Å². The third kappa shape index (κ3) is 3.01. The van der Waals surface area contributed by atoms with E-state index in [4.69, 9.17) is 10.00 Å². The van der Waals surface area contributed by atoms with E-state index in [1.807, 2.05) is 6.07 Å². The van der Waals surface area contributed by atoms with Crippen molar-refractivity contribution in [3.05, 3.63) is 28.0 Å². The summed E-state index contributed by atoms with van der Waals surface area (Å²) in [5.41, 5.74) is 0.719. The van der Waals surface area contributed by atoms with E-state index >= 15 is 0 Å². The zero-order chi connectivity index (χ0) is 13.0. The highest BCUT2D eigenvalue weighted by Gasteiger charge is 2.15. The van der Waals surface area contributed by atoms with Crippen molar-refractivity contribution in [1.29, 1.82) is 5.26 Å². The van der Waals surface area contributed by atoms with E-state index in [9.17, 15) is 4.39 Å². The lowest BCUT2D eigenvalue weighted by molar-refractivity contribution is 0.107. The van der Waals surface area contributed by atoms with Gasteiger partial charge >= 0.3 is 0 Å². The predicted octanol–water partition coefficient (Wildman–Crippen LogP) is 3.44. The first kappa shape index (κ1) is 13.3. The molecular formula is C13H14BrFN2O. The molecule has 1 fully saturated rings. The highest BCUT2D eigenvalue weighted by Crippen LogP contribution is 2.26. The van der Waals surface area contributed by atoms with E-state index in [1.165, 1.54) is 0 Å². The van der Waals surface area contributed by atoms with Gasteiger partial charge in [-0.15, -0.1) is 0 Å². The van der Waals surface area contributed by atoms with E-state index in [-0.39, 0.29) is 4.47 Å². The summed E-state index contributed by atoms with van der Waals surface area (Å²) in [5.74, 6) is -0.415. The van der Waals surface area contributed by atoms with Gasteiger partial charge in [-0.1, -0.05) is 0 Å². The SMILES string of the molecule is N#Cc1ccc(NCCC2CCCO2)c(F)c1Br. The smallest absolute Gasteiger partial charge is 0.161 e. The first-order valence-electron chi connectivity index (χ1n) is 5.96. The van der Waals surface area contributed by atoms with Crippen molar-refractivity contribution in [1.82, 2.24) is 0 Å². The van der Waals surface area contributed by atoms with E-state index in [0.29, 0.717) is 23.9 Å². The molecule has 0 saturated carbocycles. The molecule has 1 N–H and O–H groups in total. The fraction of sp³-hybridized carbons (Fsp3) is 0.462. The van der Waals surface area contributed by atoms with Crippen LogP contribution in [0.4, 0.5) is 10.1 Å². The number of nitrogens with zero attached hydrogens (tertiary/aromatic N) is 1. The molecule has 0 bridgehead atoms. The van der Waals surface area contributed by atoms with Crippen LogP contribution in [0.25, 0.3) is 0 Å². The molecule has 0 spiro atoms. The number of rotatable bonds is 4. The fourth-order valence-electron chi connectivity index (χ4n) is 2.01. The summed E-state index contributed by atoms with van der Waals surface area (Å²) in [6.45, 7) is 1.50. The molecule has 18 heavy (non-hydrogen) atoms. The maximum atomic E-state index is 13.9. The van der Waals surface area contributed by atoms with Gasteiger partial charge in [0, 0.05) is 13.2 Å². The van der Waals surface area contributed by atoms with Gasteiger partial charge in [-0.05, 0) is 47.3 Å². The minimum absolute atomic E-state index is 0.215. The van der Waals surface area contributed by atoms with E-state index < -0.39 is 5.82 Å². The molecule has 1 atom stereocenters. The highest BCUT2D eigenvalue weighted by molar-refractivity contribution is 9.10. The molecule has 1 aromatic rings. The number of hydrogen-bond donors (Lipinski definition) is 1. The van der Waals surface area contributed by atoms with Gasteiger partial charge in [0.15, 0.2) is 5.82 Å². The Balaban J connectivity index is 1.93. The number of ether oxygens (including phenoxy) is 1. The van der Waals surface area contributed by atoms with Crippen LogP contribution in [-0.2, 0) is 4.74 Å². The molecule has 0 aliphatic carbocycles. The summed E-state index contributed by atoms with van der Waals surface area (Å²) in [6, 6.07) is 5.12. The topological polar surface area (TPSA) is 45.0 Å². The monoisotopic (exact) mass is 312 g/mol. The molecule has 3 nitrogen and oxygen atoms in total. The van der Waals surface area contributed by atoms with Crippen molar-refractivity contribution < 1.29 is 9.13 Å². The summed E-state index contributed by atoms with van der Waals surface area (Å²) in [4.78, 5) is 0. The summed E-state index contributed by atoms with van der Waals surface area (Å²) >= 11 is 3.09. The number of hydrogen-bond acceptors (Lipinski definition) is 3. The van der Waals surface area contributed by atoms with Crippen molar-refractivity contribution in [3.8, 4) is 6.07 Å². The molecule has 1 aliphatic rings. The van der Waals surface area contributed by atoms with Crippen LogP contribution in [0, 0.1) is 17.1 Å². The zero-order valence-corrected chi connectivity index (χ0v) is 11.5. The number of halogens is 2. The molecule has 1 unspecified atom stereocenters. The molecule has 1 aromatic carbocycles. The second-order valence-electron chi connectivity index (χ2n) is 4.25. The van der Waals surface area contributed by atoms with E-state index in [2.05, 4.69) is 21.2 Å². The highest BCUT2D eigenvalue weighted by atomic mass is 79.9. The maximum absolute atomic E-state index is 13.9. The lowest BCUT2D eigenvalue weighted by atomic mass is 10.1. The van der Waals surface area contributed by atoms with Crippen LogP contribution in [0.2, 0.25) is 0 Å². The molecule has 2 rings (SSSR count). The Bertz CT molecular complexity index is 467. The van der Waals surface area contributed by atoms with Crippen LogP contribution in [0.3, 0.4) is 0 Å². The van der Waals surface area contributed by atoms with Crippen LogP contribution >= 0.6 is 15.9 Å². The second-order valence-corrected chi connectivity index (χ2v) is 5.04. The molecule has 1 aliphatic heterocycles. The largest absolute Gasteiger partial charge is 0.383 e. The van der Waals surface area contributed by atoms with E-state index in [1.54, 1.807) is 12.1 Å². The van der Waals surface area contributed by atoms with Crippen molar-refractivity contribution in [2.45, 2.75) is 25.4 Å². The lowest BCUT2D eigenvalue weighted by Crippen LogP contribution is -2.13. The Labute approximate surface area is 114 Å². The van der Waals surface area contributed by atoms with Crippen molar-refractivity contribution in [2.75, 3.05) is 18.5 Å². The Hall–Kier alpha value is -1.12. The Morgan fingerprint density at radius 1 is 1.56 bits per heavy atom.